The molecule has 0 aliphatic heterocycles. The Morgan fingerprint density at radius 3 is 2.50 bits per heavy atom. The molecule has 0 bridgehead atoms. The van der Waals surface area contributed by atoms with Gasteiger partial charge in [-0.05, 0) is 31.0 Å². The molecule has 0 radical (unpaired) electrons. The van der Waals surface area contributed by atoms with Crippen molar-refractivity contribution >= 4 is 11.9 Å². The molecule has 0 saturated heterocycles. The molecule has 0 aromatic heterocycles. The van der Waals surface area contributed by atoms with Crippen molar-refractivity contribution in [2.45, 2.75) is 18.9 Å². The maximum Gasteiger partial charge on any atom is 0.306 e. The van der Waals surface area contributed by atoms with Crippen LogP contribution >= 0.6 is 0 Å². The zero-order chi connectivity index (χ0) is 14.7. The first-order valence-electron chi connectivity index (χ1n) is 6.30. The number of carbonyl (C=O) groups is 2. The van der Waals surface area contributed by atoms with Gasteiger partial charge in [-0.3, -0.25) is 9.59 Å². The number of carboxylic acid groups (broad SMARTS) is 1. The lowest BCUT2D eigenvalue weighted by Crippen LogP contribution is -2.46. The molecule has 1 fully saturated rings. The highest BCUT2D eigenvalue weighted by Crippen LogP contribution is 2.29. The number of benzene rings is 1. The fourth-order valence-electron chi connectivity index (χ4n) is 2.19. The normalized spacial score (nSPS) is 20.7. The van der Waals surface area contributed by atoms with Gasteiger partial charge in [0.2, 0.25) is 0 Å². The average Bonchev–Trinajstić information content (AvgIpc) is 2.40. The topological polar surface area (TPSA) is 84.9 Å². The minimum absolute atomic E-state index is 0.0977. The first-order chi connectivity index (χ1) is 9.55. The molecule has 20 heavy (non-hydrogen) atoms. The summed E-state index contributed by atoms with van der Waals surface area (Å²) in [5.41, 5.74) is 0.380. The van der Waals surface area contributed by atoms with Gasteiger partial charge in [-0.25, -0.2) is 0 Å². The van der Waals surface area contributed by atoms with E-state index in [0.29, 0.717) is 29.9 Å². The molecule has 1 aromatic rings. The summed E-state index contributed by atoms with van der Waals surface area (Å²) in [4.78, 5) is 22.9. The minimum atomic E-state index is -0.811. The highest BCUT2D eigenvalue weighted by atomic mass is 16.5. The van der Waals surface area contributed by atoms with Gasteiger partial charge in [-0.1, -0.05) is 0 Å². The van der Waals surface area contributed by atoms with Crippen LogP contribution < -0.4 is 14.8 Å². The lowest BCUT2D eigenvalue weighted by Gasteiger charge is -2.32. The van der Waals surface area contributed by atoms with Gasteiger partial charge in [0.05, 0.1) is 25.7 Å². The van der Waals surface area contributed by atoms with Crippen LogP contribution in [0.1, 0.15) is 23.2 Å². The molecule has 1 aliphatic carbocycles. The van der Waals surface area contributed by atoms with E-state index in [9.17, 15) is 9.59 Å². The SMILES string of the molecule is COc1ccc(OC)c(C(=O)NC2CC(C(=O)O)C2)c1. The van der Waals surface area contributed by atoms with Crippen LogP contribution in [0.2, 0.25) is 0 Å². The molecule has 1 aliphatic rings. The molecule has 1 saturated carbocycles. The van der Waals surface area contributed by atoms with Gasteiger partial charge in [-0.2, -0.15) is 0 Å². The molecule has 1 amide bonds. The Hall–Kier alpha value is -2.24. The largest absolute Gasteiger partial charge is 0.497 e. The van der Waals surface area contributed by atoms with Crippen molar-refractivity contribution < 1.29 is 24.2 Å². The van der Waals surface area contributed by atoms with Gasteiger partial charge in [0, 0.05) is 6.04 Å². The summed E-state index contributed by atoms with van der Waals surface area (Å²) in [6.07, 6.45) is 0.931. The fraction of sp³-hybridized carbons (Fsp3) is 0.429. The van der Waals surface area contributed by atoms with E-state index in [4.69, 9.17) is 14.6 Å². The van der Waals surface area contributed by atoms with E-state index in [1.165, 1.54) is 14.2 Å². The second-order valence-electron chi connectivity index (χ2n) is 4.74. The molecule has 6 nitrogen and oxygen atoms in total. The molecule has 2 rings (SSSR count). The third kappa shape index (κ3) is 2.84. The number of carbonyl (C=O) groups excluding carboxylic acids is 1. The van der Waals surface area contributed by atoms with Crippen LogP contribution in [0.15, 0.2) is 18.2 Å². The number of hydrogen-bond donors (Lipinski definition) is 2. The van der Waals surface area contributed by atoms with Gasteiger partial charge in [0.25, 0.3) is 5.91 Å². The summed E-state index contributed by atoms with van der Waals surface area (Å²) in [6.45, 7) is 0. The Labute approximate surface area is 116 Å². The molecule has 0 spiro atoms. The second-order valence-corrected chi connectivity index (χ2v) is 4.74. The second kappa shape index (κ2) is 5.81. The molecule has 108 valence electrons. The van der Waals surface area contributed by atoms with Crippen molar-refractivity contribution in [3.8, 4) is 11.5 Å². The van der Waals surface area contributed by atoms with Crippen molar-refractivity contribution in [3.63, 3.8) is 0 Å². The Morgan fingerprint density at radius 1 is 1.25 bits per heavy atom. The van der Waals surface area contributed by atoms with Crippen LogP contribution in [0.4, 0.5) is 0 Å². The smallest absolute Gasteiger partial charge is 0.306 e. The Kier molecular flexibility index (Phi) is 4.12. The highest BCUT2D eigenvalue weighted by Gasteiger charge is 2.35. The summed E-state index contributed by atoms with van der Waals surface area (Å²) >= 11 is 0. The van der Waals surface area contributed by atoms with Crippen LogP contribution in [0.3, 0.4) is 0 Å². The number of hydrogen-bond acceptors (Lipinski definition) is 4. The maximum absolute atomic E-state index is 12.2. The molecule has 1 aromatic carbocycles. The maximum atomic E-state index is 12.2. The average molecular weight is 279 g/mol. The van der Waals surface area contributed by atoms with Crippen molar-refractivity contribution in [2.75, 3.05) is 14.2 Å². The lowest BCUT2D eigenvalue weighted by molar-refractivity contribution is -0.145. The molecule has 0 heterocycles. The van der Waals surface area contributed by atoms with Crippen LogP contribution in [0, 0.1) is 5.92 Å². The lowest BCUT2D eigenvalue weighted by atomic mass is 9.80. The molecular formula is C14H17NO5. The molecule has 6 heteroatoms. The van der Waals surface area contributed by atoms with Gasteiger partial charge < -0.3 is 19.9 Å². The van der Waals surface area contributed by atoms with Crippen molar-refractivity contribution in [1.29, 1.82) is 0 Å². The first-order valence-corrected chi connectivity index (χ1v) is 6.30. The van der Waals surface area contributed by atoms with Crippen molar-refractivity contribution in [3.05, 3.63) is 23.8 Å². The Morgan fingerprint density at radius 2 is 1.95 bits per heavy atom. The predicted octanol–water partition coefficient (Wildman–Crippen LogP) is 1.30. The van der Waals surface area contributed by atoms with E-state index in [0.717, 1.165) is 0 Å². The highest BCUT2D eigenvalue weighted by molar-refractivity contribution is 5.97. The monoisotopic (exact) mass is 279 g/mol. The fourth-order valence-corrected chi connectivity index (χ4v) is 2.19. The van der Waals surface area contributed by atoms with Crippen molar-refractivity contribution in [2.24, 2.45) is 5.92 Å². The number of methoxy groups -OCH3 is 2. The van der Waals surface area contributed by atoms with E-state index in [2.05, 4.69) is 5.32 Å². The number of rotatable bonds is 5. The summed E-state index contributed by atoms with van der Waals surface area (Å²) in [5, 5.41) is 11.6. The predicted molar refractivity (Wildman–Crippen MR) is 71.2 cm³/mol. The number of ether oxygens (including phenoxy) is 2. The zero-order valence-corrected chi connectivity index (χ0v) is 11.4. The van der Waals surface area contributed by atoms with Gasteiger partial charge in [-0.15, -0.1) is 0 Å². The van der Waals surface area contributed by atoms with Crippen LogP contribution in [-0.2, 0) is 4.79 Å². The van der Waals surface area contributed by atoms with Crippen molar-refractivity contribution in [1.82, 2.24) is 5.32 Å². The summed E-state index contributed by atoms with van der Waals surface area (Å²) in [6, 6.07) is 4.87. The van der Waals surface area contributed by atoms with E-state index in [1.54, 1.807) is 18.2 Å². The minimum Gasteiger partial charge on any atom is -0.497 e. The molecule has 0 atom stereocenters. The van der Waals surface area contributed by atoms with Gasteiger partial charge in [0.15, 0.2) is 0 Å². The summed E-state index contributed by atoms with van der Waals surface area (Å²) in [5.74, 6) is -0.429. The number of amides is 1. The third-order valence-electron chi connectivity index (χ3n) is 3.47. The quantitative estimate of drug-likeness (QED) is 0.848. The standard InChI is InChI=1S/C14H17NO5/c1-19-10-3-4-12(20-2)11(7-10)13(16)15-9-5-8(6-9)14(17)18/h3-4,7-9H,5-6H2,1-2H3,(H,15,16)(H,17,18). The summed E-state index contributed by atoms with van der Waals surface area (Å²) < 4.78 is 10.2. The molecular weight excluding hydrogens is 262 g/mol. The van der Waals surface area contributed by atoms with E-state index < -0.39 is 5.97 Å². The van der Waals surface area contributed by atoms with E-state index in [1.807, 2.05) is 0 Å². The Bertz CT molecular complexity index is 522. The van der Waals surface area contributed by atoms with E-state index in [-0.39, 0.29) is 17.9 Å². The number of aliphatic carboxylic acids is 1. The van der Waals surface area contributed by atoms with E-state index >= 15 is 0 Å². The summed E-state index contributed by atoms with van der Waals surface area (Å²) in [7, 11) is 3.01. The first kappa shape index (κ1) is 14.2. The van der Waals surface area contributed by atoms with Crippen LogP contribution in [0.5, 0.6) is 11.5 Å². The van der Waals surface area contributed by atoms with Gasteiger partial charge in [0.1, 0.15) is 11.5 Å². The van der Waals surface area contributed by atoms with Crippen LogP contribution in [-0.4, -0.2) is 37.2 Å². The molecule has 2 N–H and O–H groups in total. The van der Waals surface area contributed by atoms with Gasteiger partial charge >= 0.3 is 5.97 Å². The third-order valence-corrected chi connectivity index (χ3v) is 3.47. The number of carboxylic acids is 1. The molecule has 0 unspecified atom stereocenters. The van der Waals surface area contributed by atoms with Crippen LogP contribution in [0.25, 0.3) is 0 Å². The zero-order valence-electron chi connectivity index (χ0n) is 11.4. The Balaban J connectivity index is 2.04. The number of nitrogens with one attached hydrogen (secondary N) is 1.